The van der Waals surface area contributed by atoms with Gasteiger partial charge in [-0.05, 0) is 37.0 Å². The normalized spacial score (nSPS) is 16.1. The van der Waals surface area contributed by atoms with E-state index in [1.54, 1.807) is 12.1 Å². The second kappa shape index (κ2) is 6.67. The van der Waals surface area contributed by atoms with Crippen LogP contribution in [0.1, 0.15) is 37.7 Å². The molecule has 21 heavy (non-hydrogen) atoms. The fourth-order valence-electron chi connectivity index (χ4n) is 2.58. The zero-order valence-corrected chi connectivity index (χ0v) is 13.0. The molecule has 1 saturated carbocycles. The van der Waals surface area contributed by atoms with Gasteiger partial charge in [0.15, 0.2) is 0 Å². The molecule has 0 spiro atoms. The van der Waals surface area contributed by atoms with Crippen LogP contribution < -0.4 is 5.32 Å². The lowest BCUT2D eigenvalue weighted by molar-refractivity contribution is -0.137. The van der Waals surface area contributed by atoms with Gasteiger partial charge in [-0.3, -0.25) is 9.59 Å². The topological polar surface area (TPSA) is 66.4 Å². The van der Waals surface area contributed by atoms with Gasteiger partial charge in [0, 0.05) is 13.0 Å². The van der Waals surface area contributed by atoms with Gasteiger partial charge in [0.05, 0.1) is 15.5 Å². The molecule has 0 aromatic heterocycles. The van der Waals surface area contributed by atoms with Crippen molar-refractivity contribution < 1.29 is 14.7 Å². The first kappa shape index (κ1) is 16.1. The summed E-state index contributed by atoms with van der Waals surface area (Å²) in [5.41, 5.74) is 0.330. The summed E-state index contributed by atoms with van der Waals surface area (Å²) in [5, 5.41) is 12.3. The van der Waals surface area contributed by atoms with E-state index in [0.29, 0.717) is 23.0 Å². The van der Waals surface area contributed by atoms with Crippen LogP contribution in [-0.4, -0.2) is 23.5 Å². The quantitative estimate of drug-likeness (QED) is 0.786. The number of benzene rings is 1. The summed E-state index contributed by atoms with van der Waals surface area (Å²) in [6.45, 7) is 0.369. The highest BCUT2D eigenvalue weighted by atomic mass is 35.5. The van der Waals surface area contributed by atoms with Crippen LogP contribution in [0.2, 0.25) is 10.0 Å². The Labute approximate surface area is 133 Å². The first-order valence-electron chi connectivity index (χ1n) is 6.91. The first-order chi connectivity index (χ1) is 9.95. The molecule has 1 aliphatic rings. The van der Waals surface area contributed by atoms with Gasteiger partial charge < -0.3 is 10.4 Å². The third kappa shape index (κ3) is 3.50. The molecule has 6 heteroatoms. The molecule has 1 aromatic carbocycles. The third-order valence-corrected chi connectivity index (χ3v) is 4.71. The molecular formula is C15H17Cl2NO3. The molecule has 2 N–H and O–H groups in total. The van der Waals surface area contributed by atoms with Crippen LogP contribution in [0.4, 0.5) is 0 Å². The number of hydrogen-bond acceptors (Lipinski definition) is 2. The van der Waals surface area contributed by atoms with E-state index in [2.05, 4.69) is 5.32 Å². The van der Waals surface area contributed by atoms with Gasteiger partial charge in [-0.25, -0.2) is 0 Å². The molecule has 0 unspecified atom stereocenters. The Morgan fingerprint density at radius 2 is 1.95 bits per heavy atom. The largest absolute Gasteiger partial charge is 0.481 e. The van der Waals surface area contributed by atoms with Crippen LogP contribution in [0.5, 0.6) is 0 Å². The molecule has 1 aromatic rings. The molecular weight excluding hydrogens is 313 g/mol. The molecule has 4 nitrogen and oxygen atoms in total. The van der Waals surface area contributed by atoms with Gasteiger partial charge in [0.2, 0.25) is 5.91 Å². The number of aliphatic carboxylic acids is 1. The van der Waals surface area contributed by atoms with Crippen LogP contribution in [0.25, 0.3) is 0 Å². The molecule has 0 aliphatic heterocycles. The van der Waals surface area contributed by atoms with Crippen molar-refractivity contribution in [2.45, 2.75) is 37.5 Å². The van der Waals surface area contributed by atoms with Gasteiger partial charge in [0.25, 0.3) is 0 Å². The zero-order valence-electron chi connectivity index (χ0n) is 11.5. The molecule has 2 rings (SSSR count). The summed E-state index contributed by atoms with van der Waals surface area (Å²) in [4.78, 5) is 22.9. The van der Waals surface area contributed by atoms with Gasteiger partial charge >= 0.3 is 5.97 Å². The maximum Gasteiger partial charge on any atom is 0.303 e. The Balaban J connectivity index is 2.04. The number of rotatable bonds is 6. The van der Waals surface area contributed by atoms with Crippen molar-refractivity contribution in [1.82, 2.24) is 5.32 Å². The zero-order chi connectivity index (χ0) is 15.5. The Hall–Kier alpha value is -1.26. The lowest BCUT2D eigenvalue weighted by Gasteiger charge is -2.40. The van der Waals surface area contributed by atoms with Gasteiger partial charge in [-0.15, -0.1) is 0 Å². The van der Waals surface area contributed by atoms with E-state index in [1.165, 1.54) is 0 Å². The van der Waals surface area contributed by atoms with E-state index >= 15 is 0 Å². The maximum atomic E-state index is 12.5. The van der Waals surface area contributed by atoms with Crippen molar-refractivity contribution in [2.24, 2.45) is 0 Å². The van der Waals surface area contributed by atoms with Crippen LogP contribution in [0, 0.1) is 0 Å². The number of halogens is 2. The summed E-state index contributed by atoms with van der Waals surface area (Å²) in [6.07, 6.45) is 3.02. The first-order valence-corrected chi connectivity index (χ1v) is 7.67. The van der Waals surface area contributed by atoms with Crippen LogP contribution in [0.3, 0.4) is 0 Å². The molecule has 0 radical (unpaired) electrons. The fraction of sp³-hybridized carbons (Fsp3) is 0.467. The molecule has 1 amide bonds. The molecule has 0 heterocycles. The smallest absolute Gasteiger partial charge is 0.303 e. The van der Waals surface area contributed by atoms with Crippen molar-refractivity contribution in [2.75, 3.05) is 6.54 Å². The molecule has 0 bridgehead atoms. The van der Waals surface area contributed by atoms with E-state index in [-0.39, 0.29) is 12.3 Å². The van der Waals surface area contributed by atoms with Crippen molar-refractivity contribution in [3.8, 4) is 0 Å². The number of carbonyl (C=O) groups is 2. The van der Waals surface area contributed by atoms with E-state index in [0.717, 1.165) is 24.8 Å². The van der Waals surface area contributed by atoms with Crippen LogP contribution >= 0.6 is 23.2 Å². The second-order valence-corrected chi connectivity index (χ2v) is 6.13. The van der Waals surface area contributed by atoms with Crippen molar-refractivity contribution in [3.05, 3.63) is 33.8 Å². The lowest BCUT2D eigenvalue weighted by Crippen LogP contribution is -2.49. The van der Waals surface area contributed by atoms with E-state index in [1.807, 2.05) is 6.07 Å². The number of nitrogens with one attached hydrogen (secondary N) is 1. The summed E-state index contributed by atoms with van der Waals surface area (Å²) in [5.74, 6) is -0.912. The summed E-state index contributed by atoms with van der Waals surface area (Å²) in [7, 11) is 0. The number of carboxylic acids is 1. The highest BCUT2D eigenvalue weighted by molar-refractivity contribution is 6.42. The maximum absolute atomic E-state index is 12.5. The van der Waals surface area contributed by atoms with Crippen LogP contribution in [-0.2, 0) is 15.0 Å². The van der Waals surface area contributed by atoms with E-state index in [9.17, 15) is 9.59 Å². The highest BCUT2D eigenvalue weighted by Crippen LogP contribution is 2.45. The standard InChI is InChI=1S/C15H17Cl2NO3/c16-11-5-4-10(9-12(11)17)15(6-2-7-15)14(21)18-8-1-3-13(19)20/h4-5,9H,1-3,6-8H2,(H,18,21)(H,19,20). The SMILES string of the molecule is O=C(O)CCCNC(=O)C1(c2ccc(Cl)c(Cl)c2)CCC1. The lowest BCUT2D eigenvalue weighted by atomic mass is 9.64. The van der Waals surface area contributed by atoms with Gasteiger partial charge in [-0.2, -0.15) is 0 Å². The highest BCUT2D eigenvalue weighted by Gasteiger charge is 2.45. The van der Waals surface area contributed by atoms with E-state index in [4.69, 9.17) is 28.3 Å². The molecule has 114 valence electrons. The second-order valence-electron chi connectivity index (χ2n) is 5.32. The number of amides is 1. The minimum atomic E-state index is -0.855. The minimum absolute atomic E-state index is 0.0556. The predicted molar refractivity (Wildman–Crippen MR) is 81.9 cm³/mol. The molecule has 0 atom stereocenters. The van der Waals surface area contributed by atoms with Gasteiger partial charge in [-0.1, -0.05) is 35.7 Å². The molecule has 1 fully saturated rings. The Morgan fingerprint density at radius 3 is 2.48 bits per heavy atom. The summed E-state index contributed by atoms with van der Waals surface area (Å²) in [6, 6.07) is 5.29. The number of hydrogen-bond donors (Lipinski definition) is 2. The minimum Gasteiger partial charge on any atom is -0.481 e. The van der Waals surface area contributed by atoms with Gasteiger partial charge in [0.1, 0.15) is 0 Å². The Morgan fingerprint density at radius 1 is 1.24 bits per heavy atom. The number of carboxylic acid groups (broad SMARTS) is 1. The average molecular weight is 330 g/mol. The van der Waals surface area contributed by atoms with Crippen molar-refractivity contribution in [3.63, 3.8) is 0 Å². The van der Waals surface area contributed by atoms with Crippen molar-refractivity contribution in [1.29, 1.82) is 0 Å². The predicted octanol–water partition coefficient (Wildman–Crippen LogP) is 3.40. The van der Waals surface area contributed by atoms with Crippen molar-refractivity contribution >= 4 is 35.1 Å². The third-order valence-electron chi connectivity index (χ3n) is 3.97. The van der Waals surface area contributed by atoms with E-state index < -0.39 is 11.4 Å². The summed E-state index contributed by atoms with van der Waals surface area (Å²) >= 11 is 12.0. The Bertz CT molecular complexity index is 556. The monoisotopic (exact) mass is 329 g/mol. The summed E-state index contributed by atoms with van der Waals surface area (Å²) < 4.78 is 0. The fourth-order valence-corrected chi connectivity index (χ4v) is 2.88. The molecule has 1 aliphatic carbocycles. The Kier molecular flexibility index (Phi) is 5.12. The number of carbonyl (C=O) groups excluding carboxylic acids is 1. The molecule has 0 saturated heterocycles. The van der Waals surface area contributed by atoms with Crippen LogP contribution in [0.15, 0.2) is 18.2 Å². The average Bonchev–Trinajstić information content (AvgIpc) is 2.37.